The van der Waals surface area contributed by atoms with Crippen LogP contribution in [0.2, 0.25) is 0 Å². The third-order valence-electron chi connectivity index (χ3n) is 8.67. The number of ether oxygens (including phenoxy) is 3. The maximum absolute atomic E-state index is 12.4. The number of nitrogens with zero attached hydrogens (tertiary/aromatic N) is 5. The lowest BCUT2D eigenvalue weighted by Gasteiger charge is -2.58. The summed E-state index contributed by atoms with van der Waals surface area (Å²) < 4.78 is 20.4. The highest BCUT2D eigenvalue weighted by atomic mass is 127. The lowest BCUT2D eigenvalue weighted by Crippen LogP contribution is -2.65. The number of carbonyl (C=O) groups excluding carboxylic acids is 1. The zero-order valence-electron chi connectivity index (χ0n) is 23.4. The largest absolute Gasteiger partial charge is 0.444 e. The summed E-state index contributed by atoms with van der Waals surface area (Å²) in [4.78, 5) is 19.4. The third kappa shape index (κ3) is 5.36. The van der Waals surface area contributed by atoms with Gasteiger partial charge in [0.1, 0.15) is 5.60 Å². The van der Waals surface area contributed by atoms with Crippen LogP contribution in [0.3, 0.4) is 0 Å². The average molecular weight is 630 g/mol. The van der Waals surface area contributed by atoms with E-state index in [0.29, 0.717) is 18.7 Å². The Morgan fingerprint density at radius 3 is 2.43 bits per heavy atom. The van der Waals surface area contributed by atoms with E-state index in [1.807, 2.05) is 25.7 Å². The first-order chi connectivity index (χ1) is 17.4. The topological polar surface area (TPSA) is 72.3 Å². The molecular weight excluding hydrogens is 585 g/mol. The summed E-state index contributed by atoms with van der Waals surface area (Å²) in [6.07, 6.45) is 4.17. The summed E-state index contributed by atoms with van der Waals surface area (Å²) in [5.41, 5.74) is 0.880. The molecule has 3 aliphatic heterocycles. The Balaban J connectivity index is 1.25. The number of piperazine rings is 1. The van der Waals surface area contributed by atoms with Crippen LogP contribution in [0.1, 0.15) is 65.1 Å². The first-order valence-electron chi connectivity index (χ1n) is 13.7. The second kappa shape index (κ2) is 10.1. The summed E-state index contributed by atoms with van der Waals surface area (Å²) in [7, 11) is 1.80. The molecule has 5 rings (SSSR count). The van der Waals surface area contributed by atoms with Gasteiger partial charge in [0.05, 0.1) is 27.5 Å². The van der Waals surface area contributed by atoms with Gasteiger partial charge in [0, 0.05) is 64.5 Å². The van der Waals surface area contributed by atoms with E-state index in [2.05, 4.69) is 50.9 Å². The SMILES string of the molecule is COC[C@@]1(C)CN(C2CCOCC2)CCN1c1nn(C2CC3(C2)CN(C(=O)OC(C)(C)C)C3)c(C)c1I. The molecule has 1 aromatic heterocycles. The number of anilines is 1. The van der Waals surface area contributed by atoms with Crippen molar-refractivity contribution < 1.29 is 19.0 Å². The molecule has 0 aromatic carbocycles. The molecule has 1 atom stereocenters. The van der Waals surface area contributed by atoms with Crippen molar-refractivity contribution in [3.63, 3.8) is 0 Å². The van der Waals surface area contributed by atoms with Crippen molar-refractivity contribution in [3.8, 4) is 0 Å². The van der Waals surface area contributed by atoms with Crippen LogP contribution in [0, 0.1) is 15.9 Å². The number of hydrogen-bond donors (Lipinski definition) is 0. The molecule has 1 amide bonds. The molecule has 1 saturated carbocycles. The van der Waals surface area contributed by atoms with Gasteiger partial charge in [-0.25, -0.2) is 4.79 Å². The molecule has 1 spiro atoms. The molecule has 4 heterocycles. The number of likely N-dealkylation sites (tertiary alicyclic amines) is 1. The Bertz CT molecular complexity index is 990. The molecule has 37 heavy (non-hydrogen) atoms. The summed E-state index contributed by atoms with van der Waals surface area (Å²) in [5.74, 6) is 1.09. The number of aromatic nitrogens is 2. The smallest absolute Gasteiger partial charge is 0.410 e. The van der Waals surface area contributed by atoms with Gasteiger partial charge in [0.15, 0.2) is 5.82 Å². The normalized spacial score (nSPS) is 27.3. The Morgan fingerprint density at radius 2 is 1.81 bits per heavy atom. The van der Waals surface area contributed by atoms with Crippen LogP contribution in [0.5, 0.6) is 0 Å². The number of rotatable bonds is 5. The molecule has 9 nitrogen and oxygen atoms in total. The third-order valence-corrected chi connectivity index (χ3v) is 9.93. The molecule has 0 unspecified atom stereocenters. The Morgan fingerprint density at radius 1 is 1.14 bits per heavy atom. The Labute approximate surface area is 235 Å². The highest BCUT2D eigenvalue weighted by molar-refractivity contribution is 14.1. The maximum atomic E-state index is 12.4. The summed E-state index contributed by atoms with van der Waals surface area (Å²) in [6, 6.07) is 0.986. The van der Waals surface area contributed by atoms with Crippen LogP contribution in [0.25, 0.3) is 0 Å². The van der Waals surface area contributed by atoms with Crippen molar-refractivity contribution in [2.75, 3.05) is 64.6 Å². The molecule has 10 heteroatoms. The summed E-state index contributed by atoms with van der Waals surface area (Å²) in [6.45, 7) is 17.2. The quantitative estimate of drug-likeness (QED) is 0.455. The van der Waals surface area contributed by atoms with Gasteiger partial charge >= 0.3 is 6.09 Å². The zero-order chi connectivity index (χ0) is 26.6. The van der Waals surface area contributed by atoms with E-state index in [4.69, 9.17) is 19.3 Å². The molecule has 3 saturated heterocycles. The summed E-state index contributed by atoms with van der Waals surface area (Å²) >= 11 is 2.49. The summed E-state index contributed by atoms with van der Waals surface area (Å²) in [5, 5.41) is 5.23. The molecular formula is C27H44IN5O4. The highest BCUT2D eigenvalue weighted by Gasteiger charge is 2.55. The van der Waals surface area contributed by atoms with Gasteiger partial charge in [-0.3, -0.25) is 9.58 Å². The number of carbonyl (C=O) groups is 1. The van der Waals surface area contributed by atoms with Crippen LogP contribution in [0.15, 0.2) is 0 Å². The van der Waals surface area contributed by atoms with Crippen molar-refractivity contribution in [2.45, 2.75) is 83.5 Å². The molecule has 4 fully saturated rings. The van der Waals surface area contributed by atoms with E-state index in [0.717, 1.165) is 77.4 Å². The van der Waals surface area contributed by atoms with Gasteiger partial charge in [-0.15, -0.1) is 0 Å². The Kier molecular flexibility index (Phi) is 7.52. The van der Waals surface area contributed by atoms with Crippen molar-refractivity contribution >= 4 is 34.5 Å². The molecule has 4 aliphatic rings. The van der Waals surface area contributed by atoms with Gasteiger partial charge in [-0.05, 0) is 82.9 Å². The lowest BCUT2D eigenvalue weighted by molar-refractivity contribution is -0.0931. The molecule has 0 bridgehead atoms. The van der Waals surface area contributed by atoms with Crippen molar-refractivity contribution in [1.82, 2.24) is 19.6 Å². The van der Waals surface area contributed by atoms with E-state index in [9.17, 15) is 4.79 Å². The lowest BCUT2D eigenvalue weighted by atomic mass is 9.61. The van der Waals surface area contributed by atoms with E-state index >= 15 is 0 Å². The molecule has 0 N–H and O–H groups in total. The minimum atomic E-state index is -0.450. The van der Waals surface area contributed by atoms with Crippen molar-refractivity contribution in [1.29, 1.82) is 0 Å². The fourth-order valence-corrected chi connectivity index (χ4v) is 7.51. The minimum absolute atomic E-state index is 0.139. The minimum Gasteiger partial charge on any atom is -0.444 e. The van der Waals surface area contributed by atoms with E-state index in [1.54, 1.807) is 7.11 Å². The van der Waals surface area contributed by atoms with Crippen molar-refractivity contribution in [3.05, 3.63) is 9.26 Å². The number of amides is 1. The standard InChI is InChI=1S/C27H44IN5O4/c1-19-22(28)23(32-10-9-30(15-26(32,5)18-35-6)20-7-11-36-12-8-20)29-33(19)21-13-27(14-21)16-31(17-27)24(34)37-25(2,3)4/h20-21H,7-18H2,1-6H3/t26-/m1/s1. The zero-order valence-corrected chi connectivity index (χ0v) is 25.5. The Hall–Kier alpha value is -1.11. The first kappa shape index (κ1) is 27.5. The van der Waals surface area contributed by atoms with Crippen LogP contribution in [-0.2, 0) is 14.2 Å². The van der Waals surface area contributed by atoms with Crippen LogP contribution in [0.4, 0.5) is 10.6 Å². The van der Waals surface area contributed by atoms with Crippen LogP contribution in [-0.4, -0.2) is 103 Å². The van der Waals surface area contributed by atoms with Gasteiger partial charge in [-0.1, -0.05) is 0 Å². The van der Waals surface area contributed by atoms with Gasteiger partial charge < -0.3 is 24.0 Å². The number of hydrogen-bond acceptors (Lipinski definition) is 7. The molecule has 208 valence electrons. The second-order valence-corrected chi connectivity index (χ2v) is 14.0. The fraction of sp³-hybridized carbons (Fsp3) is 0.852. The number of methoxy groups -OCH3 is 1. The van der Waals surface area contributed by atoms with Gasteiger partial charge in [0.25, 0.3) is 0 Å². The fourth-order valence-electron chi connectivity index (χ4n) is 6.86. The van der Waals surface area contributed by atoms with Gasteiger partial charge in [0.2, 0.25) is 0 Å². The average Bonchev–Trinajstić information content (AvgIpc) is 3.05. The van der Waals surface area contributed by atoms with Gasteiger partial charge in [-0.2, -0.15) is 5.10 Å². The van der Waals surface area contributed by atoms with E-state index in [-0.39, 0.29) is 17.0 Å². The molecule has 1 aliphatic carbocycles. The molecule has 0 radical (unpaired) electrons. The number of halogens is 1. The van der Waals surface area contributed by atoms with Crippen LogP contribution >= 0.6 is 22.6 Å². The van der Waals surface area contributed by atoms with E-state index < -0.39 is 5.60 Å². The van der Waals surface area contributed by atoms with Crippen LogP contribution < -0.4 is 4.90 Å². The predicted molar refractivity (Wildman–Crippen MR) is 151 cm³/mol. The van der Waals surface area contributed by atoms with E-state index in [1.165, 1.54) is 9.26 Å². The first-order valence-corrected chi connectivity index (χ1v) is 14.8. The maximum Gasteiger partial charge on any atom is 0.410 e. The van der Waals surface area contributed by atoms with Crippen molar-refractivity contribution in [2.24, 2.45) is 5.41 Å². The second-order valence-electron chi connectivity index (χ2n) is 13.0. The monoisotopic (exact) mass is 629 g/mol. The predicted octanol–water partition coefficient (Wildman–Crippen LogP) is 4.07. The highest BCUT2D eigenvalue weighted by Crippen LogP contribution is 2.55. The molecule has 1 aromatic rings.